The fraction of sp³-hybridized carbons (Fsp3) is 0.222. The molecule has 1 fully saturated rings. The van der Waals surface area contributed by atoms with Crippen LogP contribution in [-0.2, 0) is 0 Å². The Hall–Kier alpha value is -2.96. The lowest BCUT2D eigenvalue weighted by Crippen LogP contribution is -2.48. The summed E-state index contributed by atoms with van der Waals surface area (Å²) in [6, 6.07) is 13.8. The van der Waals surface area contributed by atoms with Gasteiger partial charge in [0, 0.05) is 43.1 Å². The van der Waals surface area contributed by atoms with Gasteiger partial charge in [-0.2, -0.15) is 0 Å². The van der Waals surface area contributed by atoms with Crippen molar-refractivity contribution < 1.29 is 14.7 Å². The number of anilines is 2. The summed E-state index contributed by atoms with van der Waals surface area (Å²) in [6.45, 7) is 3.02. The summed E-state index contributed by atoms with van der Waals surface area (Å²) in [4.78, 5) is 27.7. The molecule has 0 bridgehead atoms. The molecule has 2 amide bonds. The largest absolute Gasteiger partial charge is 0.508 e. The van der Waals surface area contributed by atoms with E-state index in [-0.39, 0.29) is 17.5 Å². The summed E-state index contributed by atoms with van der Waals surface area (Å²) in [5, 5.41) is 12.1. The van der Waals surface area contributed by atoms with Gasteiger partial charge >= 0.3 is 0 Å². The number of carbonyl (C=O) groups is 2. The van der Waals surface area contributed by atoms with Gasteiger partial charge in [0.1, 0.15) is 5.75 Å². The summed E-state index contributed by atoms with van der Waals surface area (Å²) in [5.41, 5.74) is 2.25. The van der Waals surface area contributed by atoms with Crippen molar-refractivity contribution in [2.24, 2.45) is 0 Å². The van der Waals surface area contributed by atoms with E-state index in [1.54, 1.807) is 32.1 Å². The van der Waals surface area contributed by atoms with Crippen molar-refractivity contribution in [1.82, 2.24) is 4.90 Å². The molecule has 0 unspecified atom stereocenters. The molecule has 0 saturated carbocycles. The van der Waals surface area contributed by atoms with Crippen molar-refractivity contribution in [2.45, 2.75) is 0 Å². The van der Waals surface area contributed by atoms with Crippen molar-refractivity contribution in [2.75, 3.05) is 36.4 Å². The third kappa shape index (κ3) is 4.12. The van der Waals surface area contributed by atoms with Crippen LogP contribution < -0.4 is 10.2 Å². The van der Waals surface area contributed by atoms with E-state index in [1.807, 2.05) is 17.0 Å². The Labute approximate surface area is 147 Å². The maximum absolute atomic E-state index is 12.3. The second kappa shape index (κ2) is 7.30. The summed E-state index contributed by atoms with van der Waals surface area (Å²) >= 11 is 0. The van der Waals surface area contributed by atoms with E-state index in [0.717, 1.165) is 31.9 Å². The molecule has 1 saturated heterocycles. The zero-order valence-corrected chi connectivity index (χ0v) is 14.1. The van der Waals surface area contributed by atoms with Crippen LogP contribution >= 0.6 is 0 Å². The van der Waals surface area contributed by atoms with Crippen LogP contribution in [0.1, 0.15) is 10.4 Å². The fourth-order valence-electron chi connectivity index (χ4n) is 2.85. The van der Waals surface area contributed by atoms with Crippen LogP contribution in [0.4, 0.5) is 16.2 Å². The average molecular weight is 337 g/mol. The molecule has 1 heterocycles. The van der Waals surface area contributed by atoms with Gasteiger partial charge in [0.2, 0.25) is 7.85 Å². The first kappa shape index (κ1) is 16.9. The second-order valence-electron chi connectivity index (χ2n) is 6.04. The minimum absolute atomic E-state index is 0.112. The molecule has 2 N–H and O–H groups in total. The number of phenolic OH excluding ortho intramolecular Hbond substituents is 1. The molecule has 0 radical (unpaired) electrons. The van der Waals surface area contributed by atoms with Gasteiger partial charge in [0.15, 0.2) is 5.81 Å². The quantitative estimate of drug-likeness (QED) is 0.658. The topological polar surface area (TPSA) is 72.9 Å². The predicted octanol–water partition coefficient (Wildman–Crippen LogP) is 1.52. The van der Waals surface area contributed by atoms with Crippen molar-refractivity contribution in [3.8, 4) is 5.75 Å². The first-order chi connectivity index (χ1) is 12.0. The smallest absolute Gasteiger partial charge is 0.255 e. The molecule has 0 spiro atoms. The lowest BCUT2D eigenvalue weighted by atomic mass is 10.1. The highest BCUT2D eigenvalue weighted by Gasteiger charge is 2.18. The van der Waals surface area contributed by atoms with Gasteiger partial charge in [-0.15, -0.1) is 0 Å². The number of aromatic hydroxyl groups is 1. The van der Waals surface area contributed by atoms with E-state index in [1.165, 1.54) is 12.1 Å². The summed E-state index contributed by atoms with van der Waals surface area (Å²) in [7, 11) is 1.59. The number of nitrogens with zero attached hydrogens (tertiary/aromatic N) is 2. The van der Waals surface area contributed by atoms with Crippen LogP contribution in [0, 0.1) is 0 Å². The normalized spacial score (nSPS) is 14.2. The average Bonchev–Trinajstić information content (AvgIpc) is 2.64. The van der Waals surface area contributed by atoms with Gasteiger partial charge in [-0.3, -0.25) is 9.59 Å². The van der Waals surface area contributed by atoms with Gasteiger partial charge in [0.05, 0.1) is 0 Å². The Bertz CT molecular complexity index is 754. The Morgan fingerprint density at radius 3 is 2.08 bits per heavy atom. The lowest BCUT2D eigenvalue weighted by Gasteiger charge is -2.36. The zero-order valence-electron chi connectivity index (χ0n) is 14.1. The lowest BCUT2D eigenvalue weighted by molar-refractivity contribution is 0.102. The van der Waals surface area contributed by atoms with Gasteiger partial charge in [-0.1, -0.05) is 0 Å². The van der Waals surface area contributed by atoms with Crippen molar-refractivity contribution >= 4 is 30.9 Å². The number of carbonyl (C=O) groups excluding carboxylic acids is 2. The standard InChI is InChI=1S/C18H20BN3O3/c19-18(25)22-11-9-21(10-12-22)15-5-1-13(2-6-15)17(24)20-14-3-7-16(23)8-4-14/h1-8,23H,9-12,19H2,(H,20,24). The third-order valence-corrected chi connectivity index (χ3v) is 4.34. The van der Waals surface area contributed by atoms with Crippen LogP contribution in [0.3, 0.4) is 0 Å². The molecule has 1 aliphatic heterocycles. The molecule has 1 aliphatic rings. The number of hydrogen-bond acceptors (Lipinski definition) is 4. The van der Waals surface area contributed by atoms with Crippen molar-refractivity contribution in [1.29, 1.82) is 0 Å². The molecular formula is C18H20BN3O3. The minimum Gasteiger partial charge on any atom is -0.508 e. The molecule has 2 aromatic rings. The number of phenols is 1. The van der Waals surface area contributed by atoms with Crippen LogP contribution in [0.25, 0.3) is 0 Å². The molecule has 0 aliphatic carbocycles. The number of amides is 2. The molecular weight excluding hydrogens is 317 g/mol. The number of benzene rings is 2. The van der Waals surface area contributed by atoms with E-state index < -0.39 is 0 Å². The molecule has 0 atom stereocenters. The van der Waals surface area contributed by atoms with E-state index in [9.17, 15) is 14.7 Å². The molecule has 6 nitrogen and oxygen atoms in total. The Morgan fingerprint density at radius 1 is 0.920 bits per heavy atom. The van der Waals surface area contributed by atoms with Crippen LogP contribution in [0.5, 0.6) is 5.75 Å². The highest BCUT2D eigenvalue weighted by molar-refractivity contribution is 6.56. The first-order valence-electron chi connectivity index (χ1n) is 8.24. The van der Waals surface area contributed by atoms with E-state index >= 15 is 0 Å². The third-order valence-electron chi connectivity index (χ3n) is 4.34. The number of piperazine rings is 1. The van der Waals surface area contributed by atoms with Crippen LogP contribution in [-0.4, -0.2) is 55.7 Å². The monoisotopic (exact) mass is 337 g/mol. The molecule has 7 heteroatoms. The molecule has 0 aromatic heterocycles. The number of hydrogen-bond donors (Lipinski definition) is 2. The van der Waals surface area contributed by atoms with E-state index in [0.29, 0.717) is 11.3 Å². The van der Waals surface area contributed by atoms with Gasteiger partial charge in [-0.05, 0) is 48.5 Å². The van der Waals surface area contributed by atoms with E-state index in [2.05, 4.69) is 10.2 Å². The zero-order chi connectivity index (χ0) is 17.8. The van der Waals surface area contributed by atoms with Crippen molar-refractivity contribution in [3.05, 3.63) is 54.1 Å². The molecule has 128 valence electrons. The maximum atomic E-state index is 12.3. The predicted molar refractivity (Wildman–Crippen MR) is 100 cm³/mol. The second-order valence-corrected chi connectivity index (χ2v) is 6.04. The highest BCUT2D eigenvalue weighted by Crippen LogP contribution is 2.19. The summed E-state index contributed by atoms with van der Waals surface area (Å²) in [6.07, 6.45) is 0. The van der Waals surface area contributed by atoms with E-state index in [4.69, 9.17) is 0 Å². The number of nitrogens with one attached hydrogen (secondary N) is 1. The van der Waals surface area contributed by atoms with Gasteiger partial charge in [0.25, 0.3) is 5.91 Å². The van der Waals surface area contributed by atoms with Gasteiger partial charge < -0.3 is 20.2 Å². The molecule has 2 aromatic carbocycles. The molecule has 25 heavy (non-hydrogen) atoms. The first-order valence-corrected chi connectivity index (χ1v) is 8.24. The summed E-state index contributed by atoms with van der Waals surface area (Å²) in [5.74, 6) is 0.0757. The Morgan fingerprint density at radius 2 is 1.52 bits per heavy atom. The SMILES string of the molecule is BC(=O)N1CCN(c2ccc(C(=O)Nc3ccc(O)cc3)cc2)CC1. The fourth-order valence-corrected chi connectivity index (χ4v) is 2.85. The highest BCUT2D eigenvalue weighted by atomic mass is 16.3. The Kier molecular flexibility index (Phi) is 4.93. The Balaban J connectivity index is 1.61. The van der Waals surface area contributed by atoms with Crippen LogP contribution in [0.2, 0.25) is 0 Å². The maximum Gasteiger partial charge on any atom is 0.255 e. The van der Waals surface area contributed by atoms with Crippen molar-refractivity contribution in [3.63, 3.8) is 0 Å². The van der Waals surface area contributed by atoms with Crippen LogP contribution in [0.15, 0.2) is 48.5 Å². The summed E-state index contributed by atoms with van der Waals surface area (Å²) < 4.78 is 0. The molecule has 3 rings (SSSR count). The van der Waals surface area contributed by atoms with Gasteiger partial charge in [-0.25, -0.2) is 0 Å². The minimum atomic E-state index is -0.196. The number of rotatable bonds is 3.